The van der Waals surface area contributed by atoms with Crippen LogP contribution in [0.3, 0.4) is 0 Å². The molecule has 0 bridgehead atoms. The topological polar surface area (TPSA) is 86.9 Å². The van der Waals surface area contributed by atoms with Crippen molar-refractivity contribution >= 4 is 11.7 Å². The van der Waals surface area contributed by atoms with Crippen molar-refractivity contribution in [2.24, 2.45) is 11.0 Å². The monoisotopic (exact) mass is 276 g/mol. The molecule has 7 nitrogen and oxygen atoms in total. The van der Waals surface area contributed by atoms with Crippen molar-refractivity contribution in [2.45, 2.75) is 39.7 Å². The van der Waals surface area contributed by atoms with E-state index in [-0.39, 0.29) is 17.4 Å². The van der Waals surface area contributed by atoms with Crippen molar-refractivity contribution in [2.75, 3.05) is 18.0 Å². The largest absolute Gasteiger partial charge is 0.297 e. The molecule has 0 aliphatic carbocycles. The SMILES string of the molecule is Cc1cc(N2CC(CN=[N+]=[N-])CC2=O)n(C(C)(C)C)n1. The number of anilines is 1. The lowest BCUT2D eigenvalue weighted by Crippen LogP contribution is -2.32. The number of aryl methyl sites for hydroxylation is 1. The number of hydrogen-bond acceptors (Lipinski definition) is 3. The van der Waals surface area contributed by atoms with Gasteiger partial charge in [-0.25, -0.2) is 4.68 Å². The fourth-order valence-corrected chi connectivity index (χ4v) is 2.45. The molecule has 0 saturated carbocycles. The van der Waals surface area contributed by atoms with Crippen molar-refractivity contribution in [1.29, 1.82) is 0 Å². The third-order valence-electron chi connectivity index (χ3n) is 3.33. The lowest BCUT2D eigenvalue weighted by Gasteiger charge is -2.26. The van der Waals surface area contributed by atoms with Gasteiger partial charge in [0, 0.05) is 30.5 Å². The molecule has 1 unspecified atom stereocenters. The number of carbonyl (C=O) groups excluding carboxylic acids is 1. The molecule has 2 heterocycles. The normalized spacial score (nSPS) is 19.3. The molecule has 0 N–H and O–H groups in total. The molecule has 1 aliphatic heterocycles. The first-order valence-electron chi connectivity index (χ1n) is 6.71. The zero-order valence-electron chi connectivity index (χ0n) is 12.4. The molecule has 0 radical (unpaired) electrons. The fourth-order valence-electron chi connectivity index (χ4n) is 2.45. The van der Waals surface area contributed by atoms with Crippen LogP contribution in [-0.2, 0) is 10.3 Å². The summed E-state index contributed by atoms with van der Waals surface area (Å²) >= 11 is 0. The summed E-state index contributed by atoms with van der Waals surface area (Å²) in [5, 5.41) is 8.06. The summed E-state index contributed by atoms with van der Waals surface area (Å²) in [6.07, 6.45) is 0.424. The molecule has 1 saturated heterocycles. The highest BCUT2D eigenvalue weighted by molar-refractivity contribution is 5.95. The minimum absolute atomic E-state index is 0.0635. The zero-order valence-corrected chi connectivity index (χ0v) is 12.4. The first-order valence-corrected chi connectivity index (χ1v) is 6.71. The number of amides is 1. The Balaban J connectivity index is 2.28. The maximum atomic E-state index is 12.2. The van der Waals surface area contributed by atoms with E-state index in [0.717, 1.165) is 11.5 Å². The van der Waals surface area contributed by atoms with Gasteiger partial charge in [-0.2, -0.15) is 5.10 Å². The number of nitrogens with zero attached hydrogens (tertiary/aromatic N) is 6. The minimum Gasteiger partial charge on any atom is -0.297 e. The molecule has 1 aliphatic rings. The van der Waals surface area contributed by atoms with E-state index in [1.54, 1.807) is 4.90 Å². The van der Waals surface area contributed by atoms with E-state index in [4.69, 9.17) is 5.53 Å². The first-order chi connectivity index (χ1) is 9.32. The molecule has 1 fully saturated rings. The summed E-state index contributed by atoms with van der Waals surface area (Å²) in [7, 11) is 0. The second-order valence-electron chi connectivity index (χ2n) is 6.21. The van der Waals surface area contributed by atoms with Gasteiger partial charge in [-0.3, -0.25) is 9.69 Å². The predicted octanol–water partition coefficient (Wildman–Crippen LogP) is 2.61. The number of azide groups is 1. The highest BCUT2D eigenvalue weighted by atomic mass is 16.2. The fraction of sp³-hybridized carbons (Fsp3) is 0.692. The second-order valence-corrected chi connectivity index (χ2v) is 6.21. The van der Waals surface area contributed by atoms with Gasteiger partial charge in [-0.1, -0.05) is 5.11 Å². The van der Waals surface area contributed by atoms with E-state index in [1.807, 2.05) is 17.7 Å². The quantitative estimate of drug-likeness (QED) is 0.482. The lowest BCUT2D eigenvalue weighted by molar-refractivity contribution is -0.117. The smallest absolute Gasteiger partial charge is 0.228 e. The Morgan fingerprint density at radius 1 is 1.55 bits per heavy atom. The molecule has 7 heteroatoms. The Morgan fingerprint density at radius 2 is 2.25 bits per heavy atom. The van der Waals surface area contributed by atoms with Crippen molar-refractivity contribution < 1.29 is 4.79 Å². The zero-order chi connectivity index (χ0) is 14.9. The van der Waals surface area contributed by atoms with Crippen molar-refractivity contribution in [3.05, 3.63) is 22.2 Å². The summed E-state index contributed by atoms with van der Waals surface area (Å²) < 4.78 is 1.89. The molecule has 1 amide bonds. The van der Waals surface area contributed by atoms with Crippen LogP contribution < -0.4 is 4.90 Å². The first kappa shape index (κ1) is 14.4. The molecule has 0 aromatic carbocycles. The molecular weight excluding hydrogens is 256 g/mol. The summed E-state index contributed by atoms with van der Waals surface area (Å²) in [4.78, 5) is 16.7. The van der Waals surface area contributed by atoms with E-state index >= 15 is 0 Å². The van der Waals surface area contributed by atoms with Gasteiger partial charge in [0.15, 0.2) is 0 Å². The van der Waals surface area contributed by atoms with Crippen molar-refractivity contribution in [3.8, 4) is 0 Å². The predicted molar refractivity (Wildman–Crippen MR) is 76.4 cm³/mol. The standard InChI is InChI=1S/C13H20N6O/c1-9-5-11(19(16-9)13(2,3)4)18-8-10(6-12(18)20)7-15-17-14/h5,10H,6-8H2,1-4H3. The summed E-state index contributed by atoms with van der Waals surface area (Å²) in [6.45, 7) is 9.03. The minimum atomic E-state index is -0.188. The van der Waals surface area contributed by atoms with Crippen LogP contribution in [0.4, 0.5) is 5.82 Å². The summed E-state index contributed by atoms with van der Waals surface area (Å²) in [5.74, 6) is 0.971. The van der Waals surface area contributed by atoms with Crippen LogP contribution in [0.25, 0.3) is 10.4 Å². The molecule has 20 heavy (non-hydrogen) atoms. The van der Waals surface area contributed by atoms with Gasteiger partial charge < -0.3 is 0 Å². The van der Waals surface area contributed by atoms with Gasteiger partial charge in [0.05, 0.1) is 11.2 Å². The highest BCUT2D eigenvalue weighted by Gasteiger charge is 2.33. The van der Waals surface area contributed by atoms with Crippen LogP contribution in [0.2, 0.25) is 0 Å². The van der Waals surface area contributed by atoms with Crippen LogP contribution in [0.5, 0.6) is 0 Å². The average Bonchev–Trinajstić information content (AvgIpc) is 2.89. The Kier molecular flexibility index (Phi) is 3.72. The third kappa shape index (κ3) is 2.77. The molecule has 2 rings (SSSR count). The number of rotatable bonds is 3. The molecule has 1 aromatic heterocycles. The molecule has 108 valence electrons. The lowest BCUT2D eigenvalue weighted by atomic mass is 10.1. The Hall–Kier alpha value is -2.01. The maximum Gasteiger partial charge on any atom is 0.228 e. The number of aromatic nitrogens is 2. The molecular formula is C13H20N6O. The highest BCUT2D eigenvalue weighted by Crippen LogP contribution is 2.29. The Labute approximate surface area is 118 Å². The molecule has 1 atom stereocenters. The van der Waals surface area contributed by atoms with E-state index in [1.165, 1.54) is 0 Å². The number of hydrogen-bond donors (Lipinski definition) is 0. The molecule has 0 spiro atoms. The Bertz CT molecular complexity index is 564. The summed E-state index contributed by atoms with van der Waals surface area (Å²) in [5.41, 5.74) is 9.08. The van der Waals surface area contributed by atoms with Gasteiger partial charge in [-0.05, 0) is 39.1 Å². The third-order valence-corrected chi connectivity index (χ3v) is 3.33. The summed E-state index contributed by atoms with van der Waals surface area (Å²) in [6, 6.07) is 1.93. The van der Waals surface area contributed by atoms with Crippen LogP contribution in [0.15, 0.2) is 11.2 Å². The van der Waals surface area contributed by atoms with Crippen LogP contribution >= 0.6 is 0 Å². The van der Waals surface area contributed by atoms with Gasteiger partial charge in [0.25, 0.3) is 0 Å². The van der Waals surface area contributed by atoms with Crippen LogP contribution in [-0.4, -0.2) is 28.8 Å². The van der Waals surface area contributed by atoms with Gasteiger partial charge in [-0.15, -0.1) is 0 Å². The molecule has 1 aromatic rings. The van der Waals surface area contributed by atoms with E-state index in [2.05, 4.69) is 35.9 Å². The van der Waals surface area contributed by atoms with E-state index in [0.29, 0.717) is 19.5 Å². The maximum absolute atomic E-state index is 12.2. The van der Waals surface area contributed by atoms with E-state index in [9.17, 15) is 4.79 Å². The van der Waals surface area contributed by atoms with Crippen molar-refractivity contribution in [3.63, 3.8) is 0 Å². The van der Waals surface area contributed by atoms with Crippen molar-refractivity contribution in [1.82, 2.24) is 9.78 Å². The van der Waals surface area contributed by atoms with Gasteiger partial charge in [0.2, 0.25) is 5.91 Å². The number of carbonyl (C=O) groups is 1. The van der Waals surface area contributed by atoms with Crippen LogP contribution in [0, 0.1) is 12.8 Å². The average molecular weight is 276 g/mol. The van der Waals surface area contributed by atoms with E-state index < -0.39 is 0 Å². The Morgan fingerprint density at radius 3 is 2.85 bits per heavy atom. The van der Waals surface area contributed by atoms with Gasteiger partial charge >= 0.3 is 0 Å². The van der Waals surface area contributed by atoms with Crippen LogP contribution in [0.1, 0.15) is 32.9 Å². The van der Waals surface area contributed by atoms with Gasteiger partial charge in [0.1, 0.15) is 5.82 Å². The second kappa shape index (κ2) is 5.17.